The molecule has 1 aromatic heterocycles. The summed E-state index contributed by atoms with van der Waals surface area (Å²) in [6.45, 7) is 1.34. The number of carboxylic acid groups (broad SMARTS) is 1. The number of hydrogen-bond donors (Lipinski definition) is 3. The van der Waals surface area contributed by atoms with Crippen molar-refractivity contribution >= 4 is 63.3 Å². The van der Waals surface area contributed by atoms with Crippen LogP contribution in [0.15, 0.2) is 70.5 Å². The minimum atomic E-state index is -1.15. The summed E-state index contributed by atoms with van der Waals surface area (Å²) in [6.07, 6.45) is 1.02. The van der Waals surface area contributed by atoms with E-state index in [-0.39, 0.29) is 17.2 Å². The molecular weight excluding hydrogens is 470 g/mol. The fourth-order valence-electron chi connectivity index (χ4n) is 2.46. The average molecular weight is 488 g/mol. The Morgan fingerprint density at radius 3 is 2.44 bits per heavy atom. The van der Waals surface area contributed by atoms with E-state index in [1.165, 1.54) is 30.0 Å². The van der Waals surface area contributed by atoms with E-state index in [0.29, 0.717) is 15.8 Å². The van der Waals surface area contributed by atoms with E-state index in [9.17, 15) is 14.4 Å². The van der Waals surface area contributed by atoms with Gasteiger partial charge in [-0.25, -0.2) is 9.78 Å². The molecule has 3 N–H and O–H groups in total. The molecule has 0 aliphatic rings. The number of rotatable bonds is 8. The van der Waals surface area contributed by atoms with Crippen LogP contribution in [0, 0.1) is 0 Å². The predicted molar refractivity (Wildman–Crippen MR) is 128 cm³/mol. The van der Waals surface area contributed by atoms with Crippen LogP contribution in [0.3, 0.4) is 0 Å². The molecule has 0 spiro atoms. The molecule has 0 bridgehead atoms. The molecule has 2 amide bonds. The van der Waals surface area contributed by atoms with E-state index in [4.69, 9.17) is 16.7 Å². The van der Waals surface area contributed by atoms with Gasteiger partial charge in [-0.05, 0) is 43.3 Å². The molecular formula is C22H18ClN3O4S2. The van der Waals surface area contributed by atoms with Crippen molar-refractivity contribution in [2.75, 3.05) is 16.4 Å². The number of nitrogens with one attached hydrogen (secondary N) is 2. The standard InChI is InChI=1S/C22H18ClN3O4S2/c1-13(21(29)30)10-19(27)24-16-6-8-17(9-7-16)31-12-20(28)26-22-25-18(11-32-22)14-2-4-15(23)5-3-14/h2-11H,12H2,1H3,(H,24,27)(H,29,30)(H,25,26,28)/b13-10+. The number of carboxylic acids is 1. The lowest BCUT2D eigenvalue weighted by atomic mass is 10.2. The number of amides is 2. The second-order valence-corrected chi connectivity index (χ2v) is 8.87. The minimum Gasteiger partial charge on any atom is -0.478 e. The first-order valence-corrected chi connectivity index (χ1v) is 11.5. The summed E-state index contributed by atoms with van der Waals surface area (Å²) in [5.41, 5.74) is 2.15. The second kappa shape index (κ2) is 10.9. The van der Waals surface area contributed by atoms with Crippen LogP contribution in [-0.2, 0) is 14.4 Å². The molecule has 0 atom stereocenters. The molecule has 32 heavy (non-hydrogen) atoms. The third-order valence-corrected chi connectivity index (χ3v) is 6.09. The van der Waals surface area contributed by atoms with Crippen molar-refractivity contribution < 1.29 is 19.5 Å². The first-order valence-electron chi connectivity index (χ1n) is 9.27. The van der Waals surface area contributed by atoms with E-state index in [2.05, 4.69) is 15.6 Å². The summed E-state index contributed by atoms with van der Waals surface area (Å²) in [7, 11) is 0. The lowest BCUT2D eigenvalue weighted by Crippen LogP contribution is -2.13. The van der Waals surface area contributed by atoms with Gasteiger partial charge < -0.3 is 15.7 Å². The summed E-state index contributed by atoms with van der Waals surface area (Å²) < 4.78 is 0. The molecule has 0 aliphatic carbocycles. The van der Waals surface area contributed by atoms with Crippen LogP contribution in [-0.4, -0.2) is 33.6 Å². The molecule has 1 heterocycles. The van der Waals surface area contributed by atoms with Crippen LogP contribution >= 0.6 is 34.7 Å². The lowest BCUT2D eigenvalue weighted by molar-refractivity contribution is -0.132. The van der Waals surface area contributed by atoms with E-state index in [0.717, 1.165) is 22.2 Å². The van der Waals surface area contributed by atoms with Crippen LogP contribution in [0.2, 0.25) is 5.02 Å². The van der Waals surface area contributed by atoms with Crippen molar-refractivity contribution in [3.05, 3.63) is 70.6 Å². The zero-order chi connectivity index (χ0) is 23.1. The first kappa shape index (κ1) is 23.5. The number of benzene rings is 2. The number of carbonyl (C=O) groups excluding carboxylic acids is 2. The highest BCUT2D eigenvalue weighted by Crippen LogP contribution is 2.26. The smallest absolute Gasteiger partial charge is 0.331 e. The molecule has 7 nitrogen and oxygen atoms in total. The van der Waals surface area contributed by atoms with Crippen molar-refractivity contribution in [1.82, 2.24) is 4.98 Å². The zero-order valence-corrected chi connectivity index (χ0v) is 19.2. The van der Waals surface area contributed by atoms with Crippen molar-refractivity contribution in [1.29, 1.82) is 0 Å². The van der Waals surface area contributed by atoms with Gasteiger partial charge in [-0.15, -0.1) is 23.1 Å². The fraction of sp³-hybridized carbons (Fsp3) is 0.0909. The number of nitrogens with zero attached hydrogens (tertiary/aromatic N) is 1. The maximum Gasteiger partial charge on any atom is 0.331 e. The van der Waals surface area contributed by atoms with Crippen LogP contribution < -0.4 is 10.6 Å². The SMILES string of the molecule is C/C(=C\C(=O)Nc1ccc(SCC(=O)Nc2nc(-c3ccc(Cl)cc3)cs2)cc1)C(=O)O. The average Bonchev–Trinajstić information content (AvgIpc) is 3.22. The molecule has 3 aromatic rings. The lowest BCUT2D eigenvalue weighted by Gasteiger charge is -2.05. The fourth-order valence-corrected chi connectivity index (χ4v) is 4.02. The summed E-state index contributed by atoms with van der Waals surface area (Å²) in [4.78, 5) is 40.1. The Labute approximate surface area is 197 Å². The van der Waals surface area contributed by atoms with Crippen LogP contribution in [0.4, 0.5) is 10.8 Å². The van der Waals surface area contributed by atoms with Gasteiger partial charge in [0.15, 0.2) is 5.13 Å². The van der Waals surface area contributed by atoms with Gasteiger partial charge in [-0.1, -0.05) is 23.7 Å². The summed E-state index contributed by atoms with van der Waals surface area (Å²) in [5, 5.41) is 17.2. The zero-order valence-electron chi connectivity index (χ0n) is 16.8. The van der Waals surface area contributed by atoms with Crippen molar-refractivity contribution in [3.8, 4) is 11.3 Å². The molecule has 10 heteroatoms. The van der Waals surface area contributed by atoms with Crippen molar-refractivity contribution in [2.24, 2.45) is 0 Å². The van der Waals surface area contributed by atoms with Gasteiger partial charge >= 0.3 is 5.97 Å². The normalized spacial score (nSPS) is 11.1. The predicted octanol–water partition coefficient (Wildman–Crippen LogP) is 5.16. The molecule has 0 saturated carbocycles. The molecule has 0 fully saturated rings. The van der Waals surface area contributed by atoms with Gasteiger partial charge in [-0.3, -0.25) is 9.59 Å². The maximum atomic E-state index is 12.3. The van der Waals surface area contributed by atoms with Crippen LogP contribution in [0.1, 0.15) is 6.92 Å². The highest BCUT2D eigenvalue weighted by molar-refractivity contribution is 8.00. The number of aromatic nitrogens is 1. The van der Waals surface area contributed by atoms with E-state index < -0.39 is 11.9 Å². The van der Waals surface area contributed by atoms with Crippen molar-refractivity contribution in [2.45, 2.75) is 11.8 Å². The van der Waals surface area contributed by atoms with Gasteiger partial charge in [-0.2, -0.15) is 0 Å². The molecule has 2 aromatic carbocycles. The van der Waals surface area contributed by atoms with Gasteiger partial charge in [0.1, 0.15) is 0 Å². The van der Waals surface area contributed by atoms with Gasteiger partial charge in [0.05, 0.1) is 11.4 Å². The van der Waals surface area contributed by atoms with Crippen LogP contribution in [0.5, 0.6) is 0 Å². The Hall–Kier alpha value is -3.14. The topological polar surface area (TPSA) is 108 Å². The summed E-state index contributed by atoms with van der Waals surface area (Å²) in [6, 6.07) is 14.2. The summed E-state index contributed by atoms with van der Waals surface area (Å²) >= 11 is 8.59. The Bertz CT molecular complexity index is 1160. The quantitative estimate of drug-likeness (QED) is 0.299. The number of aliphatic carboxylic acids is 1. The number of anilines is 2. The number of halogens is 1. The molecule has 0 radical (unpaired) electrons. The third-order valence-electron chi connectivity index (χ3n) is 4.07. The monoisotopic (exact) mass is 487 g/mol. The van der Waals surface area contributed by atoms with E-state index >= 15 is 0 Å². The number of carbonyl (C=O) groups is 3. The van der Waals surface area contributed by atoms with Crippen LogP contribution in [0.25, 0.3) is 11.3 Å². The highest BCUT2D eigenvalue weighted by atomic mass is 35.5. The Kier molecular flexibility index (Phi) is 8.04. The third kappa shape index (κ3) is 6.94. The first-order chi connectivity index (χ1) is 15.3. The number of hydrogen-bond acceptors (Lipinski definition) is 6. The van der Waals surface area contributed by atoms with E-state index in [1.807, 2.05) is 17.5 Å². The highest BCUT2D eigenvalue weighted by Gasteiger charge is 2.09. The number of thioether (sulfide) groups is 1. The summed E-state index contributed by atoms with van der Waals surface area (Å²) in [5.74, 6) is -1.66. The number of thiazole rings is 1. The van der Waals surface area contributed by atoms with Gasteiger partial charge in [0.2, 0.25) is 11.8 Å². The second-order valence-electron chi connectivity index (χ2n) is 6.53. The molecule has 164 valence electrons. The Morgan fingerprint density at radius 1 is 1.09 bits per heavy atom. The van der Waals surface area contributed by atoms with Gasteiger partial charge in [0, 0.05) is 38.2 Å². The molecule has 0 unspecified atom stereocenters. The van der Waals surface area contributed by atoms with Crippen molar-refractivity contribution in [3.63, 3.8) is 0 Å². The Morgan fingerprint density at radius 2 is 1.78 bits per heavy atom. The van der Waals surface area contributed by atoms with E-state index in [1.54, 1.807) is 36.4 Å². The van der Waals surface area contributed by atoms with Gasteiger partial charge in [0.25, 0.3) is 0 Å². The Balaban J connectivity index is 1.49. The molecule has 0 aliphatic heterocycles. The molecule has 0 saturated heterocycles. The minimum absolute atomic E-state index is 0.0544. The maximum absolute atomic E-state index is 12.3. The largest absolute Gasteiger partial charge is 0.478 e. The molecule has 3 rings (SSSR count).